The lowest BCUT2D eigenvalue weighted by molar-refractivity contribution is -0.123. The predicted octanol–water partition coefficient (Wildman–Crippen LogP) is 4.42. The SMILES string of the molecule is CCc1ccc(OCC(=O)NCC(c2ccsc2)N2CCCCCC2)cc1. The number of thiophene rings is 1. The summed E-state index contributed by atoms with van der Waals surface area (Å²) in [7, 11) is 0. The van der Waals surface area contributed by atoms with Gasteiger partial charge in [0.25, 0.3) is 5.91 Å². The number of ether oxygens (including phenoxy) is 1. The van der Waals surface area contributed by atoms with Crippen molar-refractivity contribution in [2.75, 3.05) is 26.2 Å². The zero-order chi connectivity index (χ0) is 18.9. The molecule has 4 nitrogen and oxygen atoms in total. The monoisotopic (exact) mass is 386 g/mol. The van der Waals surface area contributed by atoms with Crippen LogP contribution < -0.4 is 10.1 Å². The smallest absolute Gasteiger partial charge is 0.258 e. The quantitative estimate of drug-likeness (QED) is 0.730. The number of likely N-dealkylation sites (tertiary alicyclic amines) is 1. The first kappa shape index (κ1) is 19.9. The van der Waals surface area contributed by atoms with Gasteiger partial charge in [0.1, 0.15) is 5.75 Å². The van der Waals surface area contributed by atoms with Crippen LogP contribution in [0.3, 0.4) is 0 Å². The van der Waals surface area contributed by atoms with E-state index >= 15 is 0 Å². The highest BCUT2D eigenvalue weighted by Crippen LogP contribution is 2.25. The lowest BCUT2D eigenvalue weighted by Gasteiger charge is -2.30. The molecule has 1 aliphatic heterocycles. The topological polar surface area (TPSA) is 41.6 Å². The van der Waals surface area contributed by atoms with Crippen molar-refractivity contribution in [3.8, 4) is 5.75 Å². The van der Waals surface area contributed by atoms with Crippen molar-refractivity contribution in [2.45, 2.75) is 45.1 Å². The van der Waals surface area contributed by atoms with E-state index in [1.807, 2.05) is 24.3 Å². The summed E-state index contributed by atoms with van der Waals surface area (Å²) < 4.78 is 5.63. The Morgan fingerprint density at radius 2 is 1.89 bits per heavy atom. The summed E-state index contributed by atoms with van der Waals surface area (Å²) in [6.45, 7) is 5.03. The first-order valence-corrected chi connectivity index (χ1v) is 10.9. The van der Waals surface area contributed by atoms with E-state index in [1.54, 1.807) is 11.3 Å². The first-order chi connectivity index (χ1) is 13.3. The van der Waals surface area contributed by atoms with Gasteiger partial charge in [0, 0.05) is 6.54 Å². The molecule has 1 saturated heterocycles. The third kappa shape index (κ3) is 6.08. The number of hydrogen-bond acceptors (Lipinski definition) is 4. The molecule has 1 aromatic heterocycles. The largest absolute Gasteiger partial charge is 0.484 e. The van der Waals surface area contributed by atoms with Crippen LogP contribution in [0.5, 0.6) is 5.75 Å². The molecule has 1 amide bonds. The van der Waals surface area contributed by atoms with Crippen molar-refractivity contribution >= 4 is 17.2 Å². The number of amides is 1. The highest BCUT2D eigenvalue weighted by Gasteiger charge is 2.22. The van der Waals surface area contributed by atoms with E-state index in [4.69, 9.17) is 4.74 Å². The molecule has 0 bridgehead atoms. The van der Waals surface area contributed by atoms with Gasteiger partial charge in [-0.1, -0.05) is 31.9 Å². The molecule has 1 N–H and O–H groups in total. The molecule has 0 spiro atoms. The molecule has 1 aliphatic rings. The minimum atomic E-state index is -0.0652. The molecule has 27 heavy (non-hydrogen) atoms. The van der Waals surface area contributed by atoms with E-state index in [9.17, 15) is 4.79 Å². The van der Waals surface area contributed by atoms with E-state index in [-0.39, 0.29) is 18.6 Å². The van der Waals surface area contributed by atoms with Crippen LogP contribution in [-0.2, 0) is 11.2 Å². The zero-order valence-corrected chi connectivity index (χ0v) is 17.0. The Hall–Kier alpha value is -1.85. The molecule has 1 unspecified atom stereocenters. The van der Waals surface area contributed by atoms with Gasteiger partial charge in [0.15, 0.2) is 6.61 Å². The van der Waals surface area contributed by atoms with Gasteiger partial charge in [0.05, 0.1) is 6.04 Å². The van der Waals surface area contributed by atoms with E-state index in [0.717, 1.165) is 25.3 Å². The zero-order valence-electron chi connectivity index (χ0n) is 16.2. The maximum absolute atomic E-state index is 12.3. The Labute approximate surface area is 166 Å². The second-order valence-electron chi connectivity index (χ2n) is 7.11. The Bertz CT molecular complexity index is 677. The van der Waals surface area contributed by atoms with Crippen LogP contribution in [0.1, 0.15) is 49.8 Å². The van der Waals surface area contributed by atoms with E-state index in [0.29, 0.717) is 6.54 Å². The van der Waals surface area contributed by atoms with Gasteiger partial charge >= 0.3 is 0 Å². The predicted molar refractivity (Wildman–Crippen MR) is 111 cm³/mol. The third-order valence-electron chi connectivity index (χ3n) is 5.20. The summed E-state index contributed by atoms with van der Waals surface area (Å²) in [5, 5.41) is 7.40. The van der Waals surface area contributed by atoms with Crippen molar-refractivity contribution in [1.82, 2.24) is 10.2 Å². The first-order valence-electron chi connectivity index (χ1n) is 10.0. The number of aryl methyl sites for hydroxylation is 1. The highest BCUT2D eigenvalue weighted by molar-refractivity contribution is 7.07. The normalized spacial score (nSPS) is 16.5. The number of nitrogens with one attached hydrogen (secondary N) is 1. The minimum Gasteiger partial charge on any atom is -0.484 e. The molecule has 2 aromatic rings. The summed E-state index contributed by atoms with van der Waals surface area (Å²) in [5.41, 5.74) is 2.57. The number of carbonyl (C=O) groups excluding carboxylic acids is 1. The van der Waals surface area contributed by atoms with Gasteiger partial charge in [-0.25, -0.2) is 0 Å². The van der Waals surface area contributed by atoms with Crippen molar-refractivity contribution < 1.29 is 9.53 Å². The number of hydrogen-bond donors (Lipinski definition) is 1. The summed E-state index contributed by atoms with van der Waals surface area (Å²) >= 11 is 1.72. The average Bonchev–Trinajstić information content (AvgIpc) is 3.10. The highest BCUT2D eigenvalue weighted by atomic mass is 32.1. The number of rotatable bonds is 8. The lowest BCUT2D eigenvalue weighted by atomic mass is 10.1. The van der Waals surface area contributed by atoms with Gasteiger partial charge in [-0.15, -0.1) is 0 Å². The Morgan fingerprint density at radius 3 is 2.52 bits per heavy atom. The van der Waals surface area contributed by atoms with Crippen LogP contribution in [-0.4, -0.2) is 37.0 Å². The number of nitrogens with zero attached hydrogens (tertiary/aromatic N) is 1. The van der Waals surface area contributed by atoms with Crippen molar-refractivity contribution in [3.63, 3.8) is 0 Å². The van der Waals surface area contributed by atoms with Crippen LogP contribution in [0.2, 0.25) is 0 Å². The van der Waals surface area contributed by atoms with Gasteiger partial charge < -0.3 is 10.1 Å². The van der Waals surface area contributed by atoms with E-state index in [2.05, 4.69) is 34.0 Å². The molecular weight excluding hydrogens is 356 g/mol. The van der Waals surface area contributed by atoms with Gasteiger partial charge in [-0.2, -0.15) is 11.3 Å². The Balaban J connectivity index is 1.52. The summed E-state index contributed by atoms with van der Waals surface area (Å²) in [6.07, 6.45) is 6.10. The van der Waals surface area contributed by atoms with E-state index < -0.39 is 0 Å². The van der Waals surface area contributed by atoms with Crippen LogP contribution in [0.15, 0.2) is 41.1 Å². The fraction of sp³-hybridized carbons (Fsp3) is 0.500. The third-order valence-corrected chi connectivity index (χ3v) is 5.90. The number of carbonyl (C=O) groups is 1. The molecule has 1 aromatic carbocycles. The summed E-state index contributed by atoms with van der Waals surface area (Å²) in [4.78, 5) is 14.8. The summed E-state index contributed by atoms with van der Waals surface area (Å²) in [6, 6.07) is 10.4. The fourth-order valence-electron chi connectivity index (χ4n) is 3.56. The summed E-state index contributed by atoms with van der Waals surface area (Å²) in [5.74, 6) is 0.675. The van der Waals surface area contributed by atoms with Crippen LogP contribution in [0.4, 0.5) is 0 Å². The fourth-order valence-corrected chi connectivity index (χ4v) is 4.27. The Morgan fingerprint density at radius 1 is 1.15 bits per heavy atom. The van der Waals surface area contributed by atoms with Crippen LogP contribution in [0.25, 0.3) is 0 Å². The molecule has 0 radical (unpaired) electrons. The van der Waals surface area contributed by atoms with Crippen LogP contribution in [0, 0.1) is 0 Å². The second kappa shape index (κ2) is 10.5. The molecule has 0 saturated carbocycles. The second-order valence-corrected chi connectivity index (χ2v) is 7.89. The van der Waals surface area contributed by atoms with Crippen LogP contribution >= 0.6 is 11.3 Å². The van der Waals surface area contributed by atoms with E-state index in [1.165, 1.54) is 36.8 Å². The molecule has 2 heterocycles. The van der Waals surface area contributed by atoms with Crippen molar-refractivity contribution in [3.05, 3.63) is 52.2 Å². The standard InChI is InChI=1S/C22H30N2O2S/c1-2-18-7-9-20(10-8-18)26-16-22(25)23-15-21(19-11-14-27-17-19)24-12-5-3-4-6-13-24/h7-11,14,17,21H,2-6,12-13,15-16H2,1H3,(H,23,25). The van der Waals surface area contributed by atoms with Gasteiger partial charge in [-0.3, -0.25) is 9.69 Å². The molecule has 0 aliphatic carbocycles. The van der Waals surface area contributed by atoms with Crippen molar-refractivity contribution in [2.24, 2.45) is 0 Å². The van der Waals surface area contributed by atoms with Gasteiger partial charge in [0.2, 0.25) is 0 Å². The molecule has 3 rings (SSSR count). The maximum Gasteiger partial charge on any atom is 0.258 e. The maximum atomic E-state index is 12.3. The lowest BCUT2D eigenvalue weighted by Crippen LogP contribution is -2.40. The number of benzene rings is 1. The molecular formula is C22H30N2O2S. The van der Waals surface area contributed by atoms with Gasteiger partial charge in [-0.05, 0) is 72.4 Å². The molecule has 1 atom stereocenters. The average molecular weight is 387 g/mol. The van der Waals surface area contributed by atoms with Crippen molar-refractivity contribution in [1.29, 1.82) is 0 Å². The minimum absolute atomic E-state index is 0.0574. The molecule has 146 valence electrons. The molecule has 5 heteroatoms. The Kier molecular flexibility index (Phi) is 7.72. The molecule has 1 fully saturated rings.